The summed E-state index contributed by atoms with van der Waals surface area (Å²) < 4.78 is 6.84. The fourth-order valence-corrected chi connectivity index (χ4v) is 3.35. The number of aromatic nitrogens is 3. The lowest BCUT2D eigenvalue weighted by atomic mass is 10.4. The molecule has 0 aliphatic heterocycles. The maximum absolute atomic E-state index is 11.9. The van der Waals surface area contributed by atoms with Gasteiger partial charge in [0.1, 0.15) is 10.7 Å². The number of nitrogens with one attached hydrogen (secondary N) is 1. The maximum atomic E-state index is 11.9. The Kier molecular flexibility index (Phi) is 4.52. The van der Waals surface area contributed by atoms with Crippen LogP contribution in [0.25, 0.3) is 0 Å². The molecule has 1 N–H and O–H groups in total. The third-order valence-electron chi connectivity index (χ3n) is 2.22. The van der Waals surface area contributed by atoms with Crippen molar-refractivity contribution in [3.63, 3.8) is 0 Å². The van der Waals surface area contributed by atoms with Gasteiger partial charge in [-0.25, -0.2) is 0 Å². The van der Waals surface area contributed by atoms with Gasteiger partial charge in [0, 0.05) is 28.7 Å². The van der Waals surface area contributed by atoms with E-state index in [1.165, 1.54) is 11.5 Å². The Bertz CT molecular complexity index is 610. The molecule has 0 unspecified atom stereocenters. The minimum absolute atomic E-state index is 0.0892. The van der Waals surface area contributed by atoms with E-state index in [1.807, 2.05) is 6.92 Å². The average Bonchev–Trinajstić information content (AvgIpc) is 2.73. The molecule has 0 radical (unpaired) electrons. The van der Waals surface area contributed by atoms with Crippen LogP contribution < -0.4 is 10.9 Å². The van der Waals surface area contributed by atoms with Crippen molar-refractivity contribution in [3.8, 4) is 0 Å². The highest BCUT2D eigenvalue weighted by Gasteiger charge is 2.10. The normalized spacial score (nSPS) is 10.6. The zero-order chi connectivity index (χ0) is 13.1. The van der Waals surface area contributed by atoms with Crippen molar-refractivity contribution in [2.45, 2.75) is 13.5 Å². The van der Waals surface area contributed by atoms with Gasteiger partial charge in [0.2, 0.25) is 0 Å². The molecule has 2 aromatic rings. The summed E-state index contributed by atoms with van der Waals surface area (Å²) in [5, 5.41) is 8.13. The van der Waals surface area contributed by atoms with E-state index in [-0.39, 0.29) is 5.56 Å². The van der Waals surface area contributed by atoms with Crippen LogP contribution in [-0.2, 0) is 6.54 Å². The van der Waals surface area contributed by atoms with Gasteiger partial charge >= 0.3 is 0 Å². The molecule has 18 heavy (non-hydrogen) atoms. The van der Waals surface area contributed by atoms with Gasteiger partial charge in [0.25, 0.3) is 5.56 Å². The van der Waals surface area contributed by atoms with E-state index in [4.69, 9.17) is 0 Å². The van der Waals surface area contributed by atoms with Crippen LogP contribution in [0, 0.1) is 0 Å². The van der Waals surface area contributed by atoms with Gasteiger partial charge in [-0.2, -0.15) is 0 Å². The second kappa shape index (κ2) is 5.94. The molecule has 2 heterocycles. The summed E-state index contributed by atoms with van der Waals surface area (Å²) in [7, 11) is 0. The third-order valence-corrected chi connectivity index (χ3v) is 3.95. The first-order valence-electron chi connectivity index (χ1n) is 5.22. The highest BCUT2D eigenvalue weighted by molar-refractivity contribution is 9.11. The topological polar surface area (TPSA) is 59.8 Å². The predicted molar refractivity (Wildman–Crippen MR) is 79.3 cm³/mol. The van der Waals surface area contributed by atoms with Crippen LogP contribution in [0.1, 0.15) is 12.6 Å². The smallest absolute Gasteiger partial charge is 0.265 e. The van der Waals surface area contributed by atoms with E-state index in [1.54, 1.807) is 16.8 Å². The van der Waals surface area contributed by atoms with Gasteiger partial charge in [0.15, 0.2) is 0 Å². The first kappa shape index (κ1) is 13.7. The highest BCUT2D eigenvalue weighted by Crippen LogP contribution is 2.19. The second-order valence-electron chi connectivity index (χ2n) is 3.52. The molecule has 0 bridgehead atoms. The first-order valence-corrected chi connectivity index (χ1v) is 7.58. The van der Waals surface area contributed by atoms with Crippen LogP contribution in [-0.4, -0.2) is 20.7 Å². The van der Waals surface area contributed by atoms with E-state index in [0.29, 0.717) is 11.0 Å². The van der Waals surface area contributed by atoms with E-state index in [9.17, 15) is 4.79 Å². The zero-order valence-corrected chi connectivity index (χ0v) is 13.5. The monoisotopic (exact) mass is 392 g/mol. The van der Waals surface area contributed by atoms with E-state index in [2.05, 4.69) is 46.8 Å². The molecule has 0 aromatic carbocycles. The fourth-order valence-electron chi connectivity index (χ4n) is 1.45. The van der Waals surface area contributed by atoms with Crippen LogP contribution in [0.15, 0.2) is 26.0 Å². The molecule has 0 saturated heterocycles. The predicted octanol–water partition coefficient (Wildman–Crippen LogP) is 2.70. The fraction of sp³-hybridized carbons (Fsp3) is 0.300. The summed E-state index contributed by atoms with van der Waals surface area (Å²) in [5.41, 5.74) is 0.683. The minimum atomic E-state index is -0.0892. The molecule has 0 spiro atoms. The number of pyridine rings is 1. The molecule has 0 saturated carbocycles. The Morgan fingerprint density at radius 2 is 2.28 bits per heavy atom. The first-order chi connectivity index (χ1) is 8.61. The van der Waals surface area contributed by atoms with Gasteiger partial charge in [-0.15, -0.1) is 5.10 Å². The summed E-state index contributed by atoms with van der Waals surface area (Å²) in [6, 6.07) is 1.73. The second-order valence-corrected chi connectivity index (χ2v) is 6.04. The Hall–Kier alpha value is -0.730. The highest BCUT2D eigenvalue weighted by atomic mass is 79.9. The summed E-state index contributed by atoms with van der Waals surface area (Å²) in [4.78, 5) is 11.9. The van der Waals surface area contributed by atoms with Crippen molar-refractivity contribution in [1.82, 2.24) is 14.2 Å². The summed E-state index contributed by atoms with van der Waals surface area (Å²) >= 11 is 7.90. The molecule has 0 atom stereocenters. The third kappa shape index (κ3) is 2.99. The van der Waals surface area contributed by atoms with Gasteiger partial charge < -0.3 is 9.88 Å². The Morgan fingerprint density at radius 3 is 3.00 bits per heavy atom. The molecule has 0 aliphatic carbocycles. The van der Waals surface area contributed by atoms with Gasteiger partial charge in [-0.1, -0.05) is 4.49 Å². The van der Waals surface area contributed by atoms with Gasteiger partial charge in [-0.3, -0.25) is 4.79 Å². The van der Waals surface area contributed by atoms with Crippen LogP contribution in [0.2, 0.25) is 0 Å². The quantitative estimate of drug-likeness (QED) is 0.867. The number of hydrogen-bond acceptors (Lipinski definition) is 5. The molecule has 2 aromatic heterocycles. The molecule has 5 nitrogen and oxygen atoms in total. The Balaban J connectivity index is 2.34. The number of nitrogens with zero attached hydrogens (tertiary/aromatic N) is 3. The van der Waals surface area contributed by atoms with Crippen LogP contribution >= 0.6 is 43.4 Å². The number of hydrogen-bond donors (Lipinski definition) is 1. The van der Waals surface area contributed by atoms with Crippen molar-refractivity contribution in [2.24, 2.45) is 0 Å². The van der Waals surface area contributed by atoms with Crippen molar-refractivity contribution in [3.05, 3.63) is 37.3 Å². The molecule has 96 valence electrons. The largest absolute Gasteiger partial charge is 0.374 e. The van der Waals surface area contributed by atoms with Crippen molar-refractivity contribution < 1.29 is 0 Å². The number of rotatable bonds is 4. The average molecular weight is 394 g/mol. The van der Waals surface area contributed by atoms with E-state index >= 15 is 0 Å². The van der Waals surface area contributed by atoms with E-state index in [0.717, 1.165) is 21.7 Å². The Morgan fingerprint density at radius 1 is 1.50 bits per heavy atom. The molecule has 0 fully saturated rings. The molecule has 0 aliphatic rings. The lowest BCUT2D eigenvalue weighted by Crippen LogP contribution is -2.21. The SMILES string of the molecule is CCNc1snnc1Cn1cc(Br)cc(Br)c1=O. The summed E-state index contributed by atoms with van der Waals surface area (Å²) in [6.07, 6.45) is 1.74. The summed E-state index contributed by atoms with van der Waals surface area (Å²) in [6.45, 7) is 3.20. The molecule has 2 rings (SSSR count). The standard InChI is InChI=1S/C10H10Br2N4OS/c1-2-13-9-8(14-15-18-9)5-16-4-6(11)3-7(12)10(16)17/h3-4,13H,2,5H2,1H3. The lowest BCUT2D eigenvalue weighted by Gasteiger charge is -2.07. The van der Waals surface area contributed by atoms with Crippen LogP contribution in [0.4, 0.5) is 5.00 Å². The molecular weight excluding hydrogens is 384 g/mol. The zero-order valence-electron chi connectivity index (χ0n) is 9.48. The molecule has 0 amide bonds. The maximum Gasteiger partial charge on any atom is 0.265 e. The van der Waals surface area contributed by atoms with Gasteiger partial charge in [0.05, 0.1) is 11.0 Å². The van der Waals surface area contributed by atoms with Crippen LogP contribution in [0.3, 0.4) is 0 Å². The summed E-state index contributed by atoms with van der Waals surface area (Å²) in [5.74, 6) is 0. The van der Waals surface area contributed by atoms with Gasteiger partial charge in [-0.05, 0) is 44.8 Å². The lowest BCUT2D eigenvalue weighted by molar-refractivity contribution is 0.729. The van der Waals surface area contributed by atoms with E-state index < -0.39 is 0 Å². The van der Waals surface area contributed by atoms with Crippen LogP contribution in [0.5, 0.6) is 0 Å². The Labute approximate surface area is 125 Å². The van der Waals surface area contributed by atoms with Crippen molar-refractivity contribution in [1.29, 1.82) is 0 Å². The molecular formula is C10H10Br2N4OS. The number of halogens is 2. The van der Waals surface area contributed by atoms with Crippen molar-refractivity contribution in [2.75, 3.05) is 11.9 Å². The number of anilines is 1. The van der Waals surface area contributed by atoms with Crippen molar-refractivity contribution >= 4 is 48.4 Å². The molecule has 8 heteroatoms. The minimum Gasteiger partial charge on any atom is -0.374 e.